The van der Waals surface area contributed by atoms with Crippen molar-refractivity contribution in [1.29, 1.82) is 0 Å². The maximum Gasteiger partial charge on any atom is 0.225 e. The summed E-state index contributed by atoms with van der Waals surface area (Å²) in [5, 5.41) is 2.97. The van der Waals surface area contributed by atoms with Crippen molar-refractivity contribution in [3.05, 3.63) is 17.8 Å². The lowest BCUT2D eigenvalue weighted by atomic mass is 9.83. The molecule has 138 valence electrons. The van der Waals surface area contributed by atoms with Crippen molar-refractivity contribution in [1.82, 2.24) is 15.2 Å². The van der Waals surface area contributed by atoms with E-state index >= 15 is 0 Å². The van der Waals surface area contributed by atoms with Gasteiger partial charge in [-0.2, -0.15) is 0 Å². The van der Waals surface area contributed by atoms with Crippen molar-refractivity contribution in [2.24, 2.45) is 5.92 Å². The summed E-state index contributed by atoms with van der Waals surface area (Å²) in [7, 11) is 0. The molecule has 0 unspecified atom stereocenters. The van der Waals surface area contributed by atoms with Crippen LogP contribution in [0.5, 0.6) is 0 Å². The van der Waals surface area contributed by atoms with E-state index in [-0.39, 0.29) is 29.2 Å². The molecule has 1 N–H and O–H groups in total. The zero-order valence-electron chi connectivity index (χ0n) is 15.5. The molecule has 0 radical (unpaired) electrons. The number of aromatic nitrogens is 1. The van der Waals surface area contributed by atoms with Crippen LogP contribution >= 0.6 is 0 Å². The quantitative estimate of drug-likeness (QED) is 0.909. The van der Waals surface area contributed by atoms with E-state index in [1.165, 1.54) is 0 Å². The van der Waals surface area contributed by atoms with Gasteiger partial charge < -0.3 is 14.6 Å². The fourth-order valence-electron chi connectivity index (χ4n) is 3.84. The van der Waals surface area contributed by atoms with Gasteiger partial charge in [0, 0.05) is 24.4 Å². The largest absolute Gasteiger partial charge is 0.447 e. The maximum absolute atomic E-state index is 12.7. The summed E-state index contributed by atoms with van der Waals surface area (Å²) in [6.07, 6.45) is 7.10. The van der Waals surface area contributed by atoms with Crippen molar-refractivity contribution < 1.29 is 14.0 Å². The molecule has 0 bridgehead atoms. The van der Waals surface area contributed by atoms with Gasteiger partial charge in [-0.25, -0.2) is 4.98 Å². The maximum atomic E-state index is 12.7. The van der Waals surface area contributed by atoms with Crippen LogP contribution in [0.3, 0.4) is 0 Å². The van der Waals surface area contributed by atoms with Crippen molar-refractivity contribution in [2.75, 3.05) is 6.54 Å². The fourth-order valence-corrected chi connectivity index (χ4v) is 3.84. The molecule has 6 heteroatoms. The van der Waals surface area contributed by atoms with Crippen LogP contribution in [-0.2, 0) is 21.5 Å². The highest BCUT2D eigenvalue weighted by molar-refractivity contribution is 5.82. The number of nitrogens with one attached hydrogen (secondary N) is 1. The highest BCUT2D eigenvalue weighted by Gasteiger charge is 2.38. The van der Waals surface area contributed by atoms with Crippen LogP contribution in [0.1, 0.15) is 70.9 Å². The van der Waals surface area contributed by atoms with E-state index in [1.807, 2.05) is 4.90 Å². The Kier molecular flexibility index (Phi) is 5.16. The van der Waals surface area contributed by atoms with E-state index in [9.17, 15) is 9.59 Å². The standard InChI is InChI=1S/C19H29N3O3/c1-19(2,3)15-12-25-16(21-15)11-20-18(24)13-7-4-5-8-14(13)22-10-6-9-17(22)23/h12-14H,4-11H2,1-3H3,(H,20,24)/t13-,14+/m1/s1. The van der Waals surface area contributed by atoms with Gasteiger partial charge in [0.05, 0.1) is 18.2 Å². The summed E-state index contributed by atoms with van der Waals surface area (Å²) in [4.78, 5) is 31.2. The van der Waals surface area contributed by atoms with Crippen LogP contribution in [0.2, 0.25) is 0 Å². The number of nitrogens with zero attached hydrogens (tertiary/aromatic N) is 2. The minimum absolute atomic E-state index is 0.0138. The van der Waals surface area contributed by atoms with E-state index in [4.69, 9.17) is 4.42 Å². The molecule has 2 fully saturated rings. The number of oxazole rings is 1. The molecule has 2 aliphatic rings. The van der Waals surface area contributed by atoms with Gasteiger partial charge in [0.25, 0.3) is 0 Å². The molecule has 2 atom stereocenters. The molecule has 3 rings (SSSR count). The molecule has 0 spiro atoms. The van der Waals surface area contributed by atoms with Crippen LogP contribution in [0.25, 0.3) is 0 Å². The number of hydrogen-bond acceptors (Lipinski definition) is 4. The van der Waals surface area contributed by atoms with Crippen LogP contribution in [0, 0.1) is 5.92 Å². The predicted octanol–water partition coefficient (Wildman–Crippen LogP) is 2.77. The molecule has 1 saturated heterocycles. The number of amides is 2. The smallest absolute Gasteiger partial charge is 0.225 e. The Labute approximate surface area is 149 Å². The molecule has 1 aromatic rings. The van der Waals surface area contributed by atoms with Crippen molar-refractivity contribution >= 4 is 11.8 Å². The average molecular weight is 347 g/mol. The summed E-state index contributed by atoms with van der Waals surface area (Å²) in [5.74, 6) is 0.628. The summed E-state index contributed by atoms with van der Waals surface area (Å²) in [5.41, 5.74) is 0.811. The second kappa shape index (κ2) is 7.18. The van der Waals surface area contributed by atoms with Gasteiger partial charge >= 0.3 is 0 Å². The number of carbonyl (C=O) groups is 2. The first kappa shape index (κ1) is 18.0. The Morgan fingerprint density at radius 3 is 2.72 bits per heavy atom. The third kappa shape index (κ3) is 4.05. The van der Waals surface area contributed by atoms with Crippen LogP contribution < -0.4 is 5.32 Å². The topological polar surface area (TPSA) is 75.4 Å². The lowest BCUT2D eigenvalue weighted by molar-refractivity contribution is -0.135. The number of likely N-dealkylation sites (tertiary alicyclic amines) is 1. The summed E-state index contributed by atoms with van der Waals surface area (Å²) < 4.78 is 5.48. The molecule has 25 heavy (non-hydrogen) atoms. The van der Waals surface area contributed by atoms with Gasteiger partial charge in [-0.3, -0.25) is 9.59 Å². The third-order valence-corrected chi connectivity index (χ3v) is 5.31. The average Bonchev–Trinajstić information content (AvgIpc) is 3.21. The van der Waals surface area contributed by atoms with Gasteiger partial charge in [-0.1, -0.05) is 33.6 Å². The Morgan fingerprint density at radius 1 is 1.32 bits per heavy atom. The molecule has 6 nitrogen and oxygen atoms in total. The van der Waals surface area contributed by atoms with Gasteiger partial charge in [-0.05, 0) is 19.3 Å². The monoisotopic (exact) mass is 347 g/mol. The van der Waals surface area contributed by atoms with E-state index < -0.39 is 0 Å². The number of rotatable bonds is 4. The second-order valence-electron chi connectivity index (χ2n) is 8.24. The van der Waals surface area contributed by atoms with Crippen LogP contribution in [0.4, 0.5) is 0 Å². The molecule has 1 aliphatic carbocycles. The molecular weight excluding hydrogens is 318 g/mol. The number of carbonyl (C=O) groups excluding carboxylic acids is 2. The zero-order chi connectivity index (χ0) is 18.0. The SMILES string of the molecule is CC(C)(C)c1coc(CNC(=O)[C@@H]2CCCC[C@@H]2N2CCCC2=O)n1. The predicted molar refractivity (Wildman–Crippen MR) is 93.7 cm³/mol. The Bertz CT molecular complexity index is 632. The first-order valence-electron chi connectivity index (χ1n) is 9.38. The molecule has 2 heterocycles. The zero-order valence-corrected chi connectivity index (χ0v) is 15.5. The molecule has 2 amide bonds. The van der Waals surface area contributed by atoms with E-state index in [2.05, 4.69) is 31.1 Å². The first-order chi connectivity index (χ1) is 11.9. The highest BCUT2D eigenvalue weighted by atomic mass is 16.3. The Balaban J connectivity index is 1.61. The highest BCUT2D eigenvalue weighted by Crippen LogP contribution is 2.31. The van der Waals surface area contributed by atoms with E-state index in [0.29, 0.717) is 18.9 Å². The van der Waals surface area contributed by atoms with E-state index in [0.717, 1.165) is 44.3 Å². The molecular formula is C19H29N3O3. The van der Waals surface area contributed by atoms with Crippen LogP contribution in [0.15, 0.2) is 10.7 Å². The lowest BCUT2D eigenvalue weighted by Gasteiger charge is -2.37. The van der Waals surface area contributed by atoms with Crippen molar-refractivity contribution in [3.63, 3.8) is 0 Å². The number of hydrogen-bond donors (Lipinski definition) is 1. The van der Waals surface area contributed by atoms with Gasteiger partial charge in [0.1, 0.15) is 6.26 Å². The second-order valence-corrected chi connectivity index (χ2v) is 8.24. The minimum Gasteiger partial charge on any atom is -0.447 e. The molecule has 1 aliphatic heterocycles. The Morgan fingerprint density at radius 2 is 2.08 bits per heavy atom. The minimum atomic E-state index is -0.118. The summed E-state index contributed by atoms with van der Waals surface area (Å²) >= 11 is 0. The normalized spacial score (nSPS) is 24.6. The fraction of sp³-hybridized carbons (Fsp3) is 0.737. The first-order valence-corrected chi connectivity index (χ1v) is 9.38. The summed E-state index contributed by atoms with van der Waals surface area (Å²) in [6.45, 7) is 7.32. The van der Waals surface area contributed by atoms with Gasteiger partial charge in [-0.15, -0.1) is 0 Å². The molecule has 1 aromatic heterocycles. The third-order valence-electron chi connectivity index (χ3n) is 5.31. The van der Waals surface area contributed by atoms with Crippen molar-refractivity contribution in [2.45, 2.75) is 77.3 Å². The summed E-state index contributed by atoms with van der Waals surface area (Å²) in [6, 6.07) is 0.0541. The van der Waals surface area contributed by atoms with Gasteiger partial charge in [0.2, 0.25) is 17.7 Å². The van der Waals surface area contributed by atoms with Gasteiger partial charge in [0.15, 0.2) is 0 Å². The van der Waals surface area contributed by atoms with Crippen molar-refractivity contribution in [3.8, 4) is 0 Å². The van der Waals surface area contributed by atoms with Crippen LogP contribution in [-0.4, -0.2) is 34.3 Å². The lowest BCUT2D eigenvalue weighted by Crippen LogP contribution is -2.48. The van der Waals surface area contributed by atoms with E-state index in [1.54, 1.807) is 6.26 Å². The molecule has 1 saturated carbocycles. The molecule has 0 aromatic carbocycles. The Hall–Kier alpha value is -1.85.